The minimum atomic E-state index is 0.246. The van der Waals surface area contributed by atoms with Crippen molar-refractivity contribution >= 4 is 0 Å². The quantitative estimate of drug-likeness (QED) is 0.739. The van der Waals surface area contributed by atoms with Crippen LogP contribution >= 0.6 is 0 Å². The summed E-state index contributed by atoms with van der Waals surface area (Å²) in [5.41, 5.74) is 5.89. The molecule has 1 aliphatic heterocycles. The molecule has 1 fully saturated rings. The zero-order valence-corrected chi connectivity index (χ0v) is 10.8. The minimum Gasteiger partial charge on any atom is -0.330 e. The van der Waals surface area contributed by atoms with Crippen LogP contribution in [0.15, 0.2) is 0 Å². The fourth-order valence-electron chi connectivity index (χ4n) is 2.35. The Labute approximate surface area is 94.6 Å². The van der Waals surface area contributed by atoms with Crippen molar-refractivity contribution in [3.8, 4) is 0 Å². The van der Waals surface area contributed by atoms with Crippen LogP contribution in [0.5, 0.6) is 0 Å². The lowest BCUT2D eigenvalue weighted by atomic mass is 9.96. The Morgan fingerprint density at radius 1 is 1.47 bits per heavy atom. The van der Waals surface area contributed by atoms with E-state index in [0.29, 0.717) is 0 Å². The molecule has 1 aliphatic rings. The normalized spacial score (nSPS) is 24.0. The van der Waals surface area contributed by atoms with Gasteiger partial charge in [0.05, 0.1) is 0 Å². The standard InChI is InChI=1S/C12H27N3/c1-12(2,6-7-13)15(4)10-11-5-8-14(3)9-11/h11H,5-10,13H2,1-4H3. The molecular formula is C12H27N3. The Balaban J connectivity index is 2.37. The first-order chi connectivity index (χ1) is 6.95. The molecule has 0 spiro atoms. The molecule has 1 atom stereocenters. The Morgan fingerprint density at radius 3 is 2.60 bits per heavy atom. The van der Waals surface area contributed by atoms with Gasteiger partial charge in [0.15, 0.2) is 0 Å². The number of hydrogen-bond donors (Lipinski definition) is 1. The lowest BCUT2D eigenvalue weighted by Gasteiger charge is -2.37. The molecule has 0 radical (unpaired) electrons. The maximum absolute atomic E-state index is 5.65. The molecule has 1 heterocycles. The number of nitrogens with zero attached hydrogens (tertiary/aromatic N) is 2. The van der Waals surface area contributed by atoms with E-state index < -0.39 is 0 Å². The molecule has 0 aromatic heterocycles. The molecule has 2 N–H and O–H groups in total. The van der Waals surface area contributed by atoms with E-state index in [0.717, 1.165) is 18.9 Å². The highest BCUT2D eigenvalue weighted by atomic mass is 15.2. The van der Waals surface area contributed by atoms with E-state index in [2.05, 4.69) is 37.7 Å². The lowest BCUT2D eigenvalue weighted by molar-refractivity contribution is 0.126. The Bertz CT molecular complexity index is 191. The van der Waals surface area contributed by atoms with Crippen LogP contribution < -0.4 is 5.73 Å². The zero-order valence-electron chi connectivity index (χ0n) is 10.8. The molecule has 1 unspecified atom stereocenters. The molecule has 0 saturated carbocycles. The van der Waals surface area contributed by atoms with Crippen LogP contribution in [0.1, 0.15) is 26.7 Å². The molecule has 0 amide bonds. The van der Waals surface area contributed by atoms with Gasteiger partial charge in [-0.3, -0.25) is 0 Å². The van der Waals surface area contributed by atoms with Gasteiger partial charge in [-0.2, -0.15) is 0 Å². The number of nitrogens with two attached hydrogens (primary N) is 1. The molecule has 3 heteroatoms. The van der Waals surface area contributed by atoms with E-state index in [-0.39, 0.29) is 5.54 Å². The molecule has 3 nitrogen and oxygen atoms in total. The first-order valence-corrected chi connectivity index (χ1v) is 6.05. The summed E-state index contributed by atoms with van der Waals surface area (Å²) < 4.78 is 0. The van der Waals surface area contributed by atoms with E-state index in [9.17, 15) is 0 Å². The molecule has 90 valence electrons. The zero-order chi connectivity index (χ0) is 11.5. The minimum absolute atomic E-state index is 0.246. The van der Waals surface area contributed by atoms with Crippen molar-refractivity contribution in [2.45, 2.75) is 32.2 Å². The predicted octanol–water partition coefficient (Wildman–Crippen LogP) is 0.997. The van der Waals surface area contributed by atoms with Crippen molar-refractivity contribution in [2.24, 2.45) is 11.7 Å². The van der Waals surface area contributed by atoms with E-state index in [4.69, 9.17) is 5.73 Å². The van der Waals surface area contributed by atoms with Crippen molar-refractivity contribution in [3.63, 3.8) is 0 Å². The predicted molar refractivity (Wildman–Crippen MR) is 66.0 cm³/mol. The van der Waals surface area contributed by atoms with Gasteiger partial charge < -0.3 is 15.5 Å². The third-order valence-corrected chi connectivity index (χ3v) is 3.81. The Morgan fingerprint density at radius 2 is 2.13 bits per heavy atom. The van der Waals surface area contributed by atoms with Crippen LogP contribution in [-0.4, -0.2) is 55.6 Å². The molecular weight excluding hydrogens is 186 g/mol. The molecule has 1 rings (SSSR count). The third kappa shape index (κ3) is 3.74. The van der Waals surface area contributed by atoms with Crippen molar-refractivity contribution in [1.82, 2.24) is 9.80 Å². The molecule has 0 aromatic rings. The van der Waals surface area contributed by atoms with Crippen molar-refractivity contribution in [3.05, 3.63) is 0 Å². The second kappa shape index (κ2) is 5.28. The van der Waals surface area contributed by atoms with Crippen LogP contribution in [0.3, 0.4) is 0 Å². The fraction of sp³-hybridized carbons (Fsp3) is 1.00. The maximum atomic E-state index is 5.65. The van der Waals surface area contributed by atoms with Crippen LogP contribution in [0, 0.1) is 5.92 Å². The highest BCUT2D eigenvalue weighted by molar-refractivity contribution is 4.83. The third-order valence-electron chi connectivity index (χ3n) is 3.81. The smallest absolute Gasteiger partial charge is 0.0162 e. The van der Waals surface area contributed by atoms with Crippen LogP contribution in [-0.2, 0) is 0 Å². The van der Waals surface area contributed by atoms with Crippen molar-refractivity contribution in [2.75, 3.05) is 40.3 Å². The van der Waals surface area contributed by atoms with Crippen LogP contribution in [0.2, 0.25) is 0 Å². The summed E-state index contributed by atoms with van der Waals surface area (Å²) >= 11 is 0. The van der Waals surface area contributed by atoms with Gasteiger partial charge in [-0.25, -0.2) is 0 Å². The van der Waals surface area contributed by atoms with Gasteiger partial charge in [0.25, 0.3) is 0 Å². The molecule has 0 aromatic carbocycles. The first-order valence-electron chi connectivity index (χ1n) is 6.05. The van der Waals surface area contributed by atoms with Gasteiger partial charge in [0.2, 0.25) is 0 Å². The number of hydrogen-bond acceptors (Lipinski definition) is 3. The number of rotatable bonds is 5. The van der Waals surface area contributed by atoms with Gasteiger partial charge in [-0.1, -0.05) is 0 Å². The average molecular weight is 213 g/mol. The Hall–Kier alpha value is -0.120. The summed E-state index contributed by atoms with van der Waals surface area (Å²) in [7, 11) is 4.44. The van der Waals surface area contributed by atoms with Gasteiger partial charge in [-0.15, -0.1) is 0 Å². The van der Waals surface area contributed by atoms with Crippen LogP contribution in [0.4, 0.5) is 0 Å². The summed E-state index contributed by atoms with van der Waals surface area (Å²) in [6, 6.07) is 0. The summed E-state index contributed by atoms with van der Waals surface area (Å²) in [6.45, 7) is 9.08. The van der Waals surface area contributed by atoms with Gasteiger partial charge in [0, 0.05) is 18.6 Å². The second-order valence-electron chi connectivity index (χ2n) is 5.65. The maximum Gasteiger partial charge on any atom is 0.0162 e. The molecule has 0 bridgehead atoms. The van der Waals surface area contributed by atoms with Crippen molar-refractivity contribution in [1.29, 1.82) is 0 Å². The first kappa shape index (κ1) is 12.9. The van der Waals surface area contributed by atoms with E-state index >= 15 is 0 Å². The average Bonchev–Trinajstić information content (AvgIpc) is 2.51. The molecule has 1 saturated heterocycles. The lowest BCUT2D eigenvalue weighted by Crippen LogP contribution is -2.45. The molecule has 0 aliphatic carbocycles. The van der Waals surface area contributed by atoms with E-state index in [1.54, 1.807) is 0 Å². The number of likely N-dealkylation sites (tertiary alicyclic amines) is 1. The van der Waals surface area contributed by atoms with Crippen LogP contribution in [0.25, 0.3) is 0 Å². The SMILES string of the molecule is CN1CCC(CN(C)C(C)(C)CCN)C1. The largest absolute Gasteiger partial charge is 0.330 e. The summed E-state index contributed by atoms with van der Waals surface area (Å²) in [5, 5.41) is 0. The Kier molecular flexibility index (Phi) is 4.56. The second-order valence-corrected chi connectivity index (χ2v) is 5.65. The van der Waals surface area contributed by atoms with Gasteiger partial charge in [-0.05, 0) is 59.8 Å². The summed E-state index contributed by atoms with van der Waals surface area (Å²) in [6.07, 6.45) is 2.42. The summed E-state index contributed by atoms with van der Waals surface area (Å²) in [5.74, 6) is 0.844. The van der Waals surface area contributed by atoms with Gasteiger partial charge >= 0.3 is 0 Å². The van der Waals surface area contributed by atoms with E-state index in [1.807, 2.05) is 0 Å². The van der Waals surface area contributed by atoms with E-state index in [1.165, 1.54) is 26.1 Å². The topological polar surface area (TPSA) is 32.5 Å². The van der Waals surface area contributed by atoms with Crippen molar-refractivity contribution < 1.29 is 0 Å². The highest BCUT2D eigenvalue weighted by Crippen LogP contribution is 2.21. The monoisotopic (exact) mass is 213 g/mol. The molecule has 15 heavy (non-hydrogen) atoms. The fourth-order valence-corrected chi connectivity index (χ4v) is 2.35. The summed E-state index contributed by atoms with van der Waals surface area (Å²) in [4.78, 5) is 4.90. The van der Waals surface area contributed by atoms with Gasteiger partial charge in [0.1, 0.15) is 0 Å². The highest BCUT2D eigenvalue weighted by Gasteiger charge is 2.27.